The number of hydrogen-bond donors (Lipinski definition) is 1. The summed E-state index contributed by atoms with van der Waals surface area (Å²) in [5, 5.41) is 2.61. The smallest absolute Gasteiger partial charge is 0.338 e. The summed E-state index contributed by atoms with van der Waals surface area (Å²) in [6, 6.07) is 5.63. The zero-order chi connectivity index (χ0) is 21.7. The number of thioether (sulfide) groups is 1. The van der Waals surface area contributed by atoms with E-state index < -0.39 is 30.5 Å². The van der Waals surface area contributed by atoms with Crippen LogP contribution in [0.3, 0.4) is 0 Å². The number of hydrogen-bond acceptors (Lipinski definition) is 7. The number of anilines is 1. The highest BCUT2D eigenvalue weighted by atomic mass is 32.2. The van der Waals surface area contributed by atoms with Crippen LogP contribution in [0, 0.1) is 0 Å². The lowest BCUT2D eigenvalue weighted by molar-refractivity contribution is -0.155. The molecule has 0 saturated carbocycles. The van der Waals surface area contributed by atoms with Gasteiger partial charge in [0.2, 0.25) is 5.91 Å². The molecule has 162 valence electrons. The van der Waals surface area contributed by atoms with E-state index in [9.17, 15) is 19.2 Å². The molecule has 8 nitrogen and oxygen atoms in total. The van der Waals surface area contributed by atoms with E-state index in [4.69, 9.17) is 9.47 Å². The van der Waals surface area contributed by atoms with Gasteiger partial charge in [-0.05, 0) is 44.0 Å². The van der Waals surface area contributed by atoms with Crippen molar-refractivity contribution in [3.05, 3.63) is 29.8 Å². The number of esters is 2. The normalized spacial score (nSPS) is 22.5. The summed E-state index contributed by atoms with van der Waals surface area (Å²) in [4.78, 5) is 49.7. The predicted molar refractivity (Wildman–Crippen MR) is 112 cm³/mol. The van der Waals surface area contributed by atoms with E-state index in [1.807, 2.05) is 13.8 Å². The van der Waals surface area contributed by atoms with Crippen molar-refractivity contribution in [2.24, 2.45) is 0 Å². The minimum atomic E-state index is -0.652. The fraction of sp³-hybridized carbons (Fsp3) is 0.524. The Kier molecular flexibility index (Phi) is 7.02. The molecule has 0 aliphatic carbocycles. The van der Waals surface area contributed by atoms with Gasteiger partial charge < -0.3 is 19.7 Å². The van der Waals surface area contributed by atoms with Gasteiger partial charge >= 0.3 is 11.9 Å². The van der Waals surface area contributed by atoms with Crippen molar-refractivity contribution >= 4 is 41.2 Å². The molecule has 0 bridgehead atoms. The number of carbonyl (C=O) groups is 4. The van der Waals surface area contributed by atoms with Gasteiger partial charge in [-0.3, -0.25) is 9.59 Å². The lowest BCUT2D eigenvalue weighted by Crippen LogP contribution is -2.47. The third kappa shape index (κ3) is 4.95. The van der Waals surface area contributed by atoms with Crippen molar-refractivity contribution < 1.29 is 28.7 Å². The number of benzene rings is 1. The summed E-state index contributed by atoms with van der Waals surface area (Å²) < 4.78 is 10.3. The molecule has 2 saturated heterocycles. The van der Waals surface area contributed by atoms with Crippen LogP contribution in [-0.2, 0) is 23.9 Å². The standard InChI is InChI=1S/C21H26N2O6S/c1-3-4-11-28-19(26)14-5-7-15(8-6-14)22-17(24)12-29-20(27)16-13-30-21(2)10-9-18(25)23(16)21/h5-8,16H,3-4,9-13H2,1-2H3,(H,22,24)/t16-,21+/m1/s1. The van der Waals surface area contributed by atoms with Crippen LogP contribution in [0.5, 0.6) is 0 Å². The molecule has 2 atom stereocenters. The van der Waals surface area contributed by atoms with Crippen molar-refractivity contribution in [3.8, 4) is 0 Å². The second-order valence-electron chi connectivity index (χ2n) is 7.49. The van der Waals surface area contributed by atoms with Crippen molar-refractivity contribution in [2.75, 3.05) is 24.3 Å². The van der Waals surface area contributed by atoms with Crippen molar-refractivity contribution in [1.82, 2.24) is 4.90 Å². The van der Waals surface area contributed by atoms with Crippen LogP contribution in [0.4, 0.5) is 5.69 Å². The Balaban J connectivity index is 1.46. The van der Waals surface area contributed by atoms with Crippen LogP contribution in [0.25, 0.3) is 0 Å². The highest BCUT2D eigenvalue weighted by Crippen LogP contribution is 2.47. The summed E-state index contributed by atoms with van der Waals surface area (Å²) in [7, 11) is 0. The highest BCUT2D eigenvalue weighted by molar-refractivity contribution is 8.01. The third-order valence-electron chi connectivity index (χ3n) is 5.20. The number of amides is 2. The Morgan fingerprint density at radius 2 is 1.97 bits per heavy atom. The molecule has 9 heteroatoms. The van der Waals surface area contributed by atoms with Gasteiger partial charge in [-0.15, -0.1) is 11.8 Å². The van der Waals surface area contributed by atoms with Crippen molar-refractivity contribution in [3.63, 3.8) is 0 Å². The molecule has 0 unspecified atom stereocenters. The fourth-order valence-corrected chi connectivity index (χ4v) is 4.92. The molecular formula is C21H26N2O6S. The van der Waals surface area contributed by atoms with Gasteiger partial charge in [0.15, 0.2) is 6.61 Å². The van der Waals surface area contributed by atoms with Crippen LogP contribution in [0.1, 0.15) is 49.9 Å². The molecule has 2 fully saturated rings. The maximum atomic E-state index is 12.4. The Morgan fingerprint density at radius 1 is 1.23 bits per heavy atom. The molecule has 1 N–H and O–H groups in total. The second kappa shape index (κ2) is 9.51. The molecule has 3 rings (SSSR count). The molecule has 30 heavy (non-hydrogen) atoms. The monoisotopic (exact) mass is 434 g/mol. The lowest BCUT2D eigenvalue weighted by Gasteiger charge is -2.29. The SMILES string of the molecule is CCCCOC(=O)c1ccc(NC(=O)COC(=O)[C@H]2CS[C@@]3(C)CCC(=O)N23)cc1. The first-order chi connectivity index (χ1) is 14.3. The van der Waals surface area contributed by atoms with Crippen LogP contribution in [0.15, 0.2) is 24.3 Å². The van der Waals surface area contributed by atoms with Gasteiger partial charge in [0.25, 0.3) is 5.91 Å². The molecule has 0 aromatic heterocycles. The van der Waals surface area contributed by atoms with E-state index in [0.29, 0.717) is 36.5 Å². The maximum absolute atomic E-state index is 12.4. The van der Waals surface area contributed by atoms with Crippen LogP contribution in [0.2, 0.25) is 0 Å². The lowest BCUT2D eigenvalue weighted by atomic mass is 10.2. The van der Waals surface area contributed by atoms with Gasteiger partial charge in [-0.2, -0.15) is 0 Å². The average Bonchev–Trinajstić information content (AvgIpc) is 3.22. The molecule has 0 radical (unpaired) electrons. The van der Waals surface area contributed by atoms with Gasteiger partial charge in [0.05, 0.1) is 17.0 Å². The summed E-state index contributed by atoms with van der Waals surface area (Å²) >= 11 is 1.57. The van der Waals surface area contributed by atoms with Crippen molar-refractivity contribution in [1.29, 1.82) is 0 Å². The zero-order valence-electron chi connectivity index (χ0n) is 17.1. The van der Waals surface area contributed by atoms with E-state index in [-0.39, 0.29) is 10.8 Å². The van der Waals surface area contributed by atoms with Gasteiger partial charge in [-0.25, -0.2) is 9.59 Å². The Bertz CT molecular complexity index is 827. The molecule has 2 aliphatic rings. The first-order valence-corrected chi connectivity index (χ1v) is 11.0. The summed E-state index contributed by atoms with van der Waals surface area (Å²) in [5.74, 6) is -1.06. The largest absolute Gasteiger partial charge is 0.462 e. The number of carbonyl (C=O) groups excluding carboxylic acids is 4. The van der Waals surface area contributed by atoms with Crippen LogP contribution >= 0.6 is 11.8 Å². The Morgan fingerprint density at radius 3 is 2.67 bits per heavy atom. The molecule has 2 amide bonds. The number of fused-ring (bicyclic) bond motifs is 1. The predicted octanol–water partition coefficient (Wildman–Crippen LogP) is 2.58. The van der Waals surface area contributed by atoms with E-state index in [2.05, 4.69) is 5.32 Å². The minimum absolute atomic E-state index is 0.0535. The summed E-state index contributed by atoms with van der Waals surface area (Å²) in [5.41, 5.74) is 0.868. The highest BCUT2D eigenvalue weighted by Gasteiger charge is 2.53. The Labute approximate surface area is 179 Å². The number of ether oxygens (including phenoxy) is 2. The zero-order valence-corrected chi connectivity index (χ0v) is 18.0. The molecule has 1 aromatic carbocycles. The molecule has 0 spiro atoms. The maximum Gasteiger partial charge on any atom is 0.338 e. The van der Waals surface area contributed by atoms with E-state index in [1.165, 1.54) is 0 Å². The van der Waals surface area contributed by atoms with Gasteiger partial charge in [-0.1, -0.05) is 13.3 Å². The summed E-state index contributed by atoms with van der Waals surface area (Å²) in [6.07, 6.45) is 2.89. The van der Waals surface area contributed by atoms with Gasteiger partial charge in [0.1, 0.15) is 6.04 Å². The molecule has 1 aromatic rings. The fourth-order valence-electron chi connectivity index (χ4n) is 3.51. The second-order valence-corrected chi connectivity index (χ2v) is 8.99. The van der Waals surface area contributed by atoms with E-state index >= 15 is 0 Å². The number of rotatable bonds is 8. The third-order valence-corrected chi connectivity index (χ3v) is 6.70. The average molecular weight is 435 g/mol. The summed E-state index contributed by atoms with van der Waals surface area (Å²) in [6.45, 7) is 3.89. The van der Waals surface area contributed by atoms with Crippen LogP contribution < -0.4 is 5.32 Å². The minimum Gasteiger partial charge on any atom is -0.462 e. The number of nitrogens with zero attached hydrogens (tertiary/aromatic N) is 1. The molecular weight excluding hydrogens is 408 g/mol. The van der Waals surface area contributed by atoms with E-state index in [1.54, 1.807) is 40.9 Å². The molecule has 2 aliphatic heterocycles. The topological polar surface area (TPSA) is 102 Å². The van der Waals surface area contributed by atoms with E-state index in [0.717, 1.165) is 12.8 Å². The van der Waals surface area contributed by atoms with Crippen LogP contribution in [-0.4, -0.2) is 58.5 Å². The Hall–Kier alpha value is -2.55. The number of unbranched alkanes of at least 4 members (excludes halogenated alkanes) is 1. The quantitative estimate of drug-likeness (QED) is 0.496. The van der Waals surface area contributed by atoms with Gasteiger partial charge in [0, 0.05) is 17.9 Å². The number of nitrogens with one attached hydrogen (secondary N) is 1. The molecule has 2 heterocycles. The first kappa shape index (κ1) is 22.1. The first-order valence-electron chi connectivity index (χ1n) is 10.0. The van der Waals surface area contributed by atoms with Crippen molar-refractivity contribution in [2.45, 2.75) is 50.4 Å².